The number of hydrogen-bond donors (Lipinski definition) is 0. The Hall–Kier alpha value is -1.12. The highest BCUT2D eigenvalue weighted by molar-refractivity contribution is 8.25. The molecule has 5 nitrogen and oxygen atoms in total. The van der Waals surface area contributed by atoms with E-state index >= 15 is 0 Å². The number of rotatable bonds is 4. The quantitative estimate of drug-likeness (QED) is 0.745. The lowest BCUT2D eigenvalue weighted by atomic mass is 10.2. The topological polar surface area (TPSA) is 53.0 Å². The highest BCUT2D eigenvalue weighted by Gasteiger charge is 2.35. The molecule has 1 aliphatic rings. The van der Waals surface area contributed by atoms with Crippen molar-refractivity contribution >= 4 is 44.3 Å². The van der Waals surface area contributed by atoms with E-state index in [0.29, 0.717) is 10.3 Å². The molecular weight excluding hydrogens is 362 g/mol. The van der Waals surface area contributed by atoms with Crippen LogP contribution < -0.4 is 0 Å². The molecule has 1 heterocycles. The van der Waals surface area contributed by atoms with E-state index in [1.165, 1.54) is 16.1 Å². The fourth-order valence-electron chi connectivity index (χ4n) is 2.56. The number of thioether (sulfide) groups is 1. The van der Waals surface area contributed by atoms with E-state index in [2.05, 4.69) is 4.99 Å². The van der Waals surface area contributed by atoms with Gasteiger partial charge in [0.05, 0.1) is 6.54 Å². The average molecular weight is 386 g/mol. The predicted octanol–water partition coefficient (Wildman–Crippen LogP) is 3.28. The number of amidine groups is 1. The molecule has 0 radical (unpaired) electrons. The Balaban J connectivity index is 2.28. The third-order valence-corrected chi connectivity index (χ3v) is 7.20. The van der Waals surface area contributed by atoms with Crippen LogP contribution in [0.5, 0.6) is 0 Å². The Morgan fingerprint density at radius 1 is 1.25 bits per heavy atom. The van der Waals surface area contributed by atoms with E-state index in [4.69, 9.17) is 12.2 Å². The van der Waals surface area contributed by atoms with Gasteiger partial charge in [0.15, 0.2) is 10.3 Å². The maximum atomic E-state index is 12.4. The van der Waals surface area contributed by atoms with Crippen LogP contribution in [0.4, 0.5) is 0 Å². The summed E-state index contributed by atoms with van der Waals surface area (Å²) in [6, 6.07) is 9.91. The van der Waals surface area contributed by atoms with Crippen molar-refractivity contribution in [2.45, 2.75) is 46.3 Å². The first-order valence-corrected chi connectivity index (χ1v) is 10.8. The zero-order valence-electron chi connectivity index (χ0n) is 14.3. The first-order valence-electron chi connectivity index (χ1n) is 7.80. The van der Waals surface area contributed by atoms with Crippen molar-refractivity contribution in [1.29, 1.82) is 0 Å². The Bertz CT molecular complexity index is 707. The molecule has 0 N–H and O–H groups in total. The smallest absolute Gasteiger partial charge is 0.246 e. The van der Waals surface area contributed by atoms with Gasteiger partial charge in [0.25, 0.3) is 0 Å². The molecule has 1 aromatic rings. The zero-order valence-corrected chi connectivity index (χ0v) is 16.8. The second-order valence-corrected chi connectivity index (χ2v) is 9.70. The Kier molecular flexibility index (Phi) is 6.28. The van der Waals surface area contributed by atoms with Crippen molar-refractivity contribution in [2.24, 2.45) is 4.99 Å². The summed E-state index contributed by atoms with van der Waals surface area (Å²) in [6.07, 6.45) is 0. The van der Waals surface area contributed by atoms with E-state index in [0.717, 1.165) is 5.56 Å². The molecule has 0 aliphatic carbocycles. The Morgan fingerprint density at radius 2 is 1.83 bits per heavy atom. The largest absolute Gasteiger partial charge is 0.343 e. The van der Waals surface area contributed by atoms with Gasteiger partial charge in [-0.05, 0) is 45.5 Å². The van der Waals surface area contributed by atoms with Gasteiger partial charge in [0.1, 0.15) is 5.08 Å². The molecule has 1 aromatic carbocycles. The second kappa shape index (κ2) is 7.84. The highest BCUT2D eigenvalue weighted by atomic mass is 32.3. The van der Waals surface area contributed by atoms with Gasteiger partial charge < -0.3 is 4.90 Å². The van der Waals surface area contributed by atoms with Crippen LogP contribution >= 0.6 is 24.0 Å². The molecule has 24 heavy (non-hydrogen) atoms. The molecule has 1 saturated heterocycles. The molecule has 0 atom stereocenters. The van der Waals surface area contributed by atoms with Crippen LogP contribution in [0.3, 0.4) is 0 Å². The molecule has 8 heteroatoms. The van der Waals surface area contributed by atoms with Crippen LogP contribution in [0.2, 0.25) is 0 Å². The van der Waals surface area contributed by atoms with Gasteiger partial charge in [-0.2, -0.15) is 4.99 Å². The molecule has 0 aromatic heterocycles. The summed E-state index contributed by atoms with van der Waals surface area (Å²) in [4.78, 5) is 6.48. The normalized spacial score (nSPS) is 18.6. The summed E-state index contributed by atoms with van der Waals surface area (Å²) in [7, 11) is -3.36. The predicted molar refractivity (Wildman–Crippen MR) is 106 cm³/mol. The van der Waals surface area contributed by atoms with E-state index < -0.39 is 10.0 Å². The van der Waals surface area contributed by atoms with E-state index in [1.54, 1.807) is 0 Å². The fourth-order valence-corrected chi connectivity index (χ4v) is 6.14. The molecule has 1 fully saturated rings. The summed E-state index contributed by atoms with van der Waals surface area (Å²) in [5.74, 6) is 0. The number of benzene rings is 1. The third-order valence-electron chi connectivity index (χ3n) is 3.58. The summed E-state index contributed by atoms with van der Waals surface area (Å²) < 4.78 is 26.1. The van der Waals surface area contributed by atoms with Crippen LogP contribution in [0, 0.1) is 0 Å². The fraction of sp³-hybridized carbons (Fsp3) is 0.500. The van der Waals surface area contributed by atoms with Gasteiger partial charge >= 0.3 is 0 Å². The third kappa shape index (κ3) is 4.49. The number of sulfonamides is 1. The first kappa shape index (κ1) is 19.2. The Labute approximate surface area is 154 Å². The first-order chi connectivity index (χ1) is 11.2. The van der Waals surface area contributed by atoms with Crippen LogP contribution in [0.15, 0.2) is 35.3 Å². The highest BCUT2D eigenvalue weighted by Crippen LogP contribution is 2.28. The van der Waals surface area contributed by atoms with Crippen molar-refractivity contribution in [1.82, 2.24) is 9.21 Å². The zero-order chi connectivity index (χ0) is 17.9. The lowest BCUT2D eigenvalue weighted by molar-refractivity contribution is 0.294. The number of aliphatic imine (C=N–C) groups is 1. The molecule has 2 rings (SSSR count). The van der Waals surface area contributed by atoms with Crippen LogP contribution in [-0.2, 0) is 16.6 Å². The Morgan fingerprint density at radius 3 is 2.38 bits per heavy atom. The van der Waals surface area contributed by atoms with Crippen molar-refractivity contribution in [2.75, 3.05) is 5.08 Å². The number of thiocarbonyl (C=S) groups is 1. The van der Waals surface area contributed by atoms with Gasteiger partial charge in [-0.15, -0.1) is 0 Å². The number of hydrogen-bond acceptors (Lipinski definition) is 4. The lowest BCUT2D eigenvalue weighted by Gasteiger charge is -2.31. The van der Waals surface area contributed by atoms with E-state index in [9.17, 15) is 8.42 Å². The lowest BCUT2D eigenvalue weighted by Crippen LogP contribution is -2.41. The van der Waals surface area contributed by atoms with Crippen LogP contribution in [0.1, 0.15) is 33.3 Å². The monoisotopic (exact) mass is 385 g/mol. The molecule has 132 valence electrons. The van der Waals surface area contributed by atoms with Crippen molar-refractivity contribution in [3.05, 3.63) is 35.9 Å². The molecule has 0 spiro atoms. The van der Waals surface area contributed by atoms with Gasteiger partial charge in [-0.1, -0.05) is 42.1 Å². The maximum absolute atomic E-state index is 12.4. The average Bonchev–Trinajstić information content (AvgIpc) is 2.75. The van der Waals surface area contributed by atoms with E-state index in [1.807, 2.05) is 62.9 Å². The maximum Gasteiger partial charge on any atom is 0.246 e. The van der Waals surface area contributed by atoms with Crippen molar-refractivity contribution < 1.29 is 8.42 Å². The molecule has 0 amide bonds. The summed E-state index contributed by atoms with van der Waals surface area (Å²) in [5, 5.41) is 0.887. The van der Waals surface area contributed by atoms with Gasteiger partial charge in [0.2, 0.25) is 10.0 Å². The van der Waals surface area contributed by atoms with E-state index in [-0.39, 0.29) is 23.7 Å². The SMILES string of the molecule is CC(C)N(C(=S)N=C1SCS(=O)(=O)N1Cc1ccccc1)C(C)C. The van der Waals surface area contributed by atoms with Gasteiger partial charge in [-0.25, -0.2) is 12.7 Å². The minimum Gasteiger partial charge on any atom is -0.343 e. The van der Waals surface area contributed by atoms with Gasteiger partial charge in [-0.3, -0.25) is 0 Å². The minimum absolute atomic E-state index is 0.00460. The van der Waals surface area contributed by atoms with Gasteiger partial charge in [0, 0.05) is 12.1 Å². The number of nitrogens with zero attached hydrogens (tertiary/aromatic N) is 3. The van der Waals surface area contributed by atoms with Crippen LogP contribution in [-0.4, -0.2) is 45.1 Å². The summed E-state index contributed by atoms with van der Waals surface area (Å²) in [5.41, 5.74) is 0.923. The summed E-state index contributed by atoms with van der Waals surface area (Å²) >= 11 is 6.68. The molecule has 0 saturated carbocycles. The molecule has 0 bridgehead atoms. The minimum atomic E-state index is -3.36. The standard InChI is InChI=1S/C16H23N3O2S3/c1-12(2)19(13(3)4)15(22)17-16-18(24(20,21)11-23-16)10-14-8-6-5-7-9-14/h5-9,12-13H,10-11H2,1-4H3. The van der Waals surface area contributed by atoms with Crippen molar-refractivity contribution in [3.8, 4) is 0 Å². The molecule has 0 unspecified atom stereocenters. The second-order valence-electron chi connectivity index (χ2n) is 6.14. The van der Waals surface area contributed by atoms with Crippen LogP contribution in [0.25, 0.3) is 0 Å². The molecule has 1 aliphatic heterocycles. The summed E-state index contributed by atoms with van der Waals surface area (Å²) in [6.45, 7) is 8.47. The van der Waals surface area contributed by atoms with Crippen molar-refractivity contribution in [3.63, 3.8) is 0 Å². The molecular formula is C16H23N3O2S3.